The van der Waals surface area contributed by atoms with Gasteiger partial charge in [0, 0.05) is 25.1 Å². The number of rotatable bonds is 14. The summed E-state index contributed by atoms with van der Waals surface area (Å²) in [5.74, 6) is -0.791. The van der Waals surface area contributed by atoms with Gasteiger partial charge < -0.3 is 19.7 Å². The molecule has 11 heteroatoms. The van der Waals surface area contributed by atoms with Crippen LogP contribution in [0, 0.1) is 12.7 Å². The fraction of sp³-hybridized carbons (Fsp3) is 0.333. The molecule has 4 aromatic rings. The standard InChI is InChI=1S/C39H44FN3O6S/c1-28-14-20-33(21-15-28)43(50(46,47)34-22-23-36(48-2)37(25-34)49-3)27-38(44)42(26-30-16-18-31(40)19-17-30)35(24-29-10-6-4-7-11-29)39(45)41-32-12-8-5-9-13-32/h4,6-7,10-11,14-23,25,32,35H,5,8-9,12-13,24,26-27H2,1-3H3,(H,41,45)/t35-/m1/s1. The van der Waals surface area contributed by atoms with Crippen molar-refractivity contribution in [2.45, 2.75) is 69.0 Å². The van der Waals surface area contributed by atoms with E-state index >= 15 is 0 Å². The van der Waals surface area contributed by atoms with E-state index in [2.05, 4.69) is 5.32 Å². The first-order chi connectivity index (χ1) is 24.1. The maximum atomic E-state index is 14.7. The first-order valence-corrected chi connectivity index (χ1v) is 18.2. The van der Waals surface area contributed by atoms with Crippen molar-refractivity contribution in [1.82, 2.24) is 10.2 Å². The summed E-state index contributed by atoms with van der Waals surface area (Å²) in [5, 5.41) is 3.19. The van der Waals surface area contributed by atoms with Crippen LogP contribution in [0.5, 0.6) is 11.5 Å². The van der Waals surface area contributed by atoms with Gasteiger partial charge in [-0.1, -0.05) is 79.4 Å². The number of nitrogens with zero attached hydrogens (tertiary/aromatic N) is 2. The molecule has 9 nitrogen and oxygen atoms in total. The van der Waals surface area contributed by atoms with Crippen LogP contribution in [0.2, 0.25) is 0 Å². The molecule has 1 saturated carbocycles. The smallest absolute Gasteiger partial charge is 0.264 e. The maximum Gasteiger partial charge on any atom is 0.264 e. The maximum absolute atomic E-state index is 14.7. The van der Waals surface area contributed by atoms with Crippen LogP contribution in [0.3, 0.4) is 0 Å². The number of amides is 2. The Hall–Kier alpha value is -4.90. The molecular weight excluding hydrogens is 658 g/mol. The van der Waals surface area contributed by atoms with Gasteiger partial charge in [-0.2, -0.15) is 0 Å². The van der Waals surface area contributed by atoms with Gasteiger partial charge in [-0.25, -0.2) is 12.8 Å². The van der Waals surface area contributed by atoms with Crippen molar-refractivity contribution in [1.29, 1.82) is 0 Å². The average molecular weight is 702 g/mol. The van der Waals surface area contributed by atoms with Crippen LogP contribution in [0.1, 0.15) is 48.8 Å². The number of aryl methyl sites for hydroxylation is 1. The van der Waals surface area contributed by atoms with E-state index in [0.29, 0.717) is 11.3 Å². The van der Waals surface area contributed by atoms with Gasteiger partial charge in [-0.15, -0.1) is 0 Å². The van der Waals surface area contributed by atoms with Crippen LogP contribution >= 0.6 is 0 Å². The fourth-order valence-electron chi connectivity index (χ4n) is 6.23. The molecule has 0 bridgehead atoms. The number of halogens is 1. The summed E-state index contributed by atoms with van der Waals surface area (Å²) in [6.45, 7) is 1.22. The van der Waals surface area contributed by atoms with Crippen molar-refractivity contribution in [3.05, 3.63) is 120 Å². The molecule has 0 saturated heterocycles. The minimum Gasteiger partial charge on any atom is -0.493 e. The molecular formula is C39H44FN3O6S. The second kappa shape index (κ2) is 16.7. The molecule has 1 fully saturated rings. The number of ether oxygens (including phenoxy) is 2. The van der Waals surface area contributed by atoms with Crippen molar-refractivity contribution in [3.8, 4) is 11.5 Å². The summed E-state index contributed by atoms with van der Waals surface area (Å²) >= 11 is 0. The van der Waals surface area contributed by atoms with Gasteiger partial charge in [0.1, 0.15) is 18.4 Å². The quantitative estimate of drug-likeness (QED) is 0.162. The van der Waals surface area contributed by atoms with Crippen molar-refractivity contribution in [2.24, 2.45) is 0 Å². The number of carbonyl (C=O) groups excluding carboxylic acids is 2. The predicted molar refractivity (Wildman–Crippen MR) is 191 cm³/mol. The third kappa shape index (κ3) is 9.01. The molecule has 0 spiro atoms. The Morgan fingerprint density at radius 1 is 0.840 bits per heavy atom. The zero-order valence-electron chi connectivity index (χ0n) is 28.7. The lowest BCUT2D eigenvalue weighted by atomic mass is 9.94. The highest BCUT2D eigenvalue weighted by Gasteiger charge is 2.35. The molecule has 264 valence electrons. The second-order valence-electron chi connectivity index (χ2n) is 12.6. The number of methoxy groups -OCH3 is 2. The Morgan fingerprint density at radius 2 is 1.50 bits per heavy atom. The van der Waals surface area contributed by atoms with E-state index in [9.17, 15) is 22.4 Å². The first-order valence-electron chi connectivity index (χ1n) is 16.8. The zero-order valence-corrected chi connectivity index (χ0v) is 29.5. The minimum absolute atomic E-state index is 0.0215. The Morgan fingerprint density at radius 3 is 2.14 bits per heavy atom. The van der Waals surface area contributed by atoms with Crippen LogP contribution in [-0.2, 0) is 32.6 Å². The third-order valence-corrected chi connectivity index (χ3v) is 10.8. The topological polar surface area (TPSA) is 105 Å². The molecule has 0 radical (unpaired) electrons. The average Bonchev–Trinajstić information content (AvgIpc) is 3.13. The summed E-state index contributed by atoms with van der Waals surface area (Å²) in [4.78, 5) is 30.3. The number of nitrogens with one attached hydrogen (secondary N) is 1. The molecule has 1 aliphatic rings. The van der Waals surface area contributed by atoms with E-state index in [0.717, 1.165) is 47.5 Å². The fourth-order valence-corrected chi connectivity index (χ4v) is 7.66. The SMILES string of the molecule is COc1ccc(S(=O)(=O)N(CC(=O)N(Cc2ccc(F)cc2)[C@H](Cc2ccccc2)C(=O)NC2CCCCC2)c2ccc(C)cc2)cc1OC. The normalized spacial score (nSPS) is 14.0. The monoisotopic (exact) mass is 701 g/mol. The van der Waals surface area contributed by atoms with Crippen LogP contribution < -0.4 is 19.1 Å². The number of anilines is 1. The zero-order chi connectivity index (χ0) is 35.7. The Labute approximate surface area is 294 Å². The lowest BCUT2D eigenvalue weighted by Crippen LogP contribution is -2.55. The van der Waals surface area contributed by atoms with Gasteiger partial charge in [0.25, 0.3) is 10.0 Å². The number of hydrogen-bond donors (Lipinski definition) is 1. The first kappa shape index (κ1) is 36.4. The van der Waals surface area contributed by atoms with Crippen molar-refractivity contribution < 1.29 is 31.9 Å². The molecule has 0 aliphatic heterocycles. The molecule has 2 amide bonds. The molecule has 1 aliphatic carbocycles. The number of sulfonamides is 1. The molecule has 0 heterocycles. The molecule has 0 unspecified atom stereocenters. The summed E-state index contributed by atoms with van der Waals surface area (Å²) in [6.07, 6.45) is 5.01. The van der Waals surface area contributed by atoms with Crippen molar-refractivity contribution in [3.63, 3.8) is 0 Å². The lowest BCUT2D eigenvalue weighted by molar-refractivity contribution is -0.140. The van der Waals surface area contributed by atoms with Crippen LogP contribution in [0.15, 0.2) is 102 Å². The van der Waals surface area contributed by atoms with Crippen molar-refractivity contribution in [2.75, 3.05) is 25.1 Å². The van der Waals surface area contributed by atoms with Crippen LogP contribution in [-0.4, -0.2) is 58.0 Å². The van der Waals surface area contributed by atoms with E-state index in [-0.39, 0.29) is 41.2 Å². The molecule has 1 atom stereocenters. The summed E-state index contributed by atoms with van der Waals surface area (Å²) < 4.78 is 54.6. The number of hydrogen-bond acceptors (Lipinski definition) is 6. The Balaban J connectivity index is 1.57. The summed E-state index contributed by atoms with van der Waals surface area (Å²) in [6, 6.07) is 25.2. The van der Waals surface area contributed by atoms with Gasteiger partial charge in [-0.05, 0) is 67.3 Å². The van der Waals surface area contributed by atoms with E-state index in [4.69, 9.17) is 9.47 Å². The number of carbonyl (C=O) groups is 2. The highest BCUT2D eigenvalue weighted by atomic mass is 32.2. The third-order valence-electron chi connectivity index (χ3n) is 9.03. The summed E-state index contributed by atoms with van der Waals surface area (Å²) in [5.41, 5.74) is 2.60. The highest BCUT2D eigenvalue weighted by Crippen LogP contribution is 2.33. The van der Waals surface area contributed by atoms with Crippen LogP contribution in [0.4, 0.5) is 10.1 Å². The van der Waals surface area contributed by atoms with Gasteiger partial charge in [0.2, 0.25) is 11.8 Å². The molecule has 4 aromatic carbocycles. The number of benzene rings is 4. The molecule has 5 rings (SSSR count). The molecule has 50 heavy (non-hydrogen) atoms. The van der Waals surface area contributed by atoms with Gasteiger partial charge >= 0.3 is 0 Å². The van der Waals surface area contributed by atoms with E-state index in [1.165, 1.54) is 49.5 Å². The molecule has 0 aromatic heterocycles. The van der Waals surface area contributed by atoms with E-state index in [1.807, 2.05) is 37.3 Å². The van der Waals surface area contributed by atoms with Crippen LogP contribution in [0.25, 0.3) is 0 Å². The second-order valence-corrected chi connectivity index (χ2v) is 14.4. The molecule has 1 N–H and O–H groups in total. The Bertz CT molecular complexity index is 1850. The van der Waals surface area contributed by atoms with Gasteiger partial charge in [0.15, 0.2) is 11.5 Å². The van der Waals surface area contributed by atoms with Gasteiger partial charge in [0.05, 0.1) is 24.8 Å². The minimum atomic E-state index is -4.36. The Kier molecular flexibility index (Phi) is 12.1. The predicted octanol–water partition coefficient (Wildman–Crippen LogP) is 6.44. The lowest BCUT2D eigenvalue weighted by Gasteiger charge is -2.35. The highest BCUT2D eigenvalue weighted by molar-refractivity contribution is 7.92. The van der Waals surface area contributed by atoms with Gasteiger partial charge in [-0.3, -0.25) is 13.9 Å². The largest absolute Gasteiger partial charge is 0.493 e. The van der Waals surface area contributed by atoms with E-state index in [1.54, 1.807) is 36.4 Å². The van der Waals surface area contributed by atoms with Crippen molar-refractivity contribution >= 4 is 27.5 Å². The summed E-state index contributed by atoms with van der Waals surface area (Å²) in [7, 11) is -1.49. The van der Waals surface area contributed by atoms with E-state index < -0.39 is 34.3 Å².